The van der Waals surface area contributed by atoms with E-state index in [0.717, 1.165) is 61.8 Å². The number of nitrogens with one attached hydrogen (secondary N) is 3. The third kappa shape index (κ3) is 5.61. The number of hydrogen-bond acceptors (Lipinski definition) is 4. The molecule has 0 atom stereocenters. The molecule has 0 spiro atoms. The van der Waals surface area contributed by atoms with Crippen molar-refractivity contribution in [1.82, 2.24) is 4.98 Å². The zero-order valence-electron chi connectivity index (χ0n) is 24.1. The summed E-state index contributed by atoms with van der Waals surface area (Å²) in [6, 6.07) is 47.1. The van der Waals surface area contributed by atoms with Crippen LogP contribution in [-0.2, 0) is 0 Å². The Bertz CT molecular complexity index is 1840. The minimum absolute atomic E-state index is 0.937. The fourth-order valence-corrected chi connectivity index (χ4v) is 5.34. The fourth-order valence-electron chi connectivity index (χ4n) is 5.34. The van der Waals surface area contributed by atoms with Gasteiger partial charge in [0.15, 0.2) is 0 Å². The van der Waals surface area contributed by atoms with Crippen molar-refractivity contribution in [3.63, 3.8) is 0 Å². The number of benzene rings is 5. The molecule has 0 unspecified atom stereocenters. The zero-order valence-corrected chi connectivity index (χ0v) is 24.1. The zero-order chi connectivity index (χ0) is 28.9. The number of aromatic nitrogens is 1. The quantitative estimate of drug-likeness (QED) is 0.178. The molecule has 6 rings (SSSR count). The van der Waals surface area contributed by atoms with Crippen molar-refractivity contribution in [2.45, 2.75) is 0 Å². The van der Waals surface area contributed by atoms with Crippen LogP contribution in [0, 0.1) is 0 Å². The van der Waals surface area contributed by atoms with Crippen LogP contribution in [0.1, 0.15) is 0 Å². The highest BCUT2D eigenvalue weighted by Crippen LogP contribution is 2.36. The second kappa shape index (κ2) is 12.0. The molecule has 0 fully saturated rings. The Morgan fingerprint density at radius 3 is 1.64 bits per heavy atom. The van der Waals surface area contributed by atoms with Gasteiger partial charge in [-0.3, -0.25) is 0 Å². The smallest absolute Gasteiger partial charge is 0.0715 e. The molecule has 0 aliphatic rings. The van der Waals surface area contributed by atoms with E-state index < -0.39 is 0 Å². The molecule has 0 aliphatic carbocycles. The van der Waals surface area contributed by atoms with Gasteiger partial charge >= 0.3 is 0 Å². The van der Waals surface area contributed by atoms with Crippen LogP contribution in [0.3, 0.4) is 0 Å². The van der Waals surface area contributed by atoms with Gasteiger partial charge < -0.3 is 16.0 Å². The maximum Gasteiger partial charge on any atom is 0.0715 e. The van der Waals surface area contributed by atoms with Gasteiger partial charge in [0.25, 0.3) is 0 Å². The van der Waals surface area contributed by atoms with Gasteiger partial charge in [0.05, 0.1) is 11.4 Å². The Morgan fingerprint density at radius 1 is 0.381 bits per heavy atom. The van der Waals surface area contributed by atoms with Gasteiger partial charge in [-0.15, -0.1) is 0 Å². The molecule has 6 aromatic rings. The van der Waals surface area contributed by atoms with Crippen molar-refractivity contribution in [3.05, 3.63) is 133 Å². The molecule has 42 heavy (non-hydrogen) atoms. The maximum absolute atomic E-state index is 5.18. The van der Waals surface area contributed by atoms with E-state index in [1.54, 1.807) is 0 Å². The minimum Gasteiger partial charge on any atom is -0.388 e. The maximum atomic E-state index is 5.18. The minimum atomic E-state index is 0.937. The largest absolute Gasteiger partial charge is 0.388 e. The molecule has 1 heterocycles. The second-order valence-electron chi connectivity index (χ2n) is 10.2. The number of hydrogen-bond donors (Lipinski definition) is 3. The predicted octanol–water partition coefficient (Wildman–Crippen LogP) is 9.54. The Labute approximate surface area is 248 Å². The summed E-state index contributed by atoms with van der Waals surface area (Å²) in [7, 11) is 5.86. The lowest BCUT2D eigenvalue weighted by Crippen LogP contribution is -1.95. The monoisotopic (exact) mass is 546 g/mol. The molecule has 0 amide bonds. The Morgan fingerprint density at radius 2 is 0.929 bits per heavy atom. The average Bonchev–Trinajstić information content (AvgIpc) is 3.08. The molecule has 5 aromatic carbocycles. The lowest BCUT2D eigenvalue weighted by Gasteiger charge is -2.14. The van der Waals surface area contributed by atoms with Crippen LogP contribution < -0.4 is 16.0 Å². The lowest BCUT2D eigenvalue weighted by atomic mass is 9.95. The van der Waals surface area contributed by atoms with Crippen molar-refractivity contribution >= 4 is 17.1 Å². The summed E-state index contributed by atoms with van der Waals surface area (Å²) in [5, 5.41) is 9.86. The number of rotatable bonds is 8. The molecule has 0 bridgehead atoms. The Balaban J connectivity index is 1.48. The van der Waals surface area contributed by atoms with E-state index >= 15 is 0 Å². The van der Waals surface area contributed by atoms with Gasteiger partial charge in [0.2, 0.25) is 0 Å². The summed E-state index contributed by atoms with van der Waals surface area (Å²) in [5.74, 6) is 0. The van der Waals surface area contributed by atoms with Crippen molar-refractivity contribution in [1.29, 1.82) is 0 Å². The fraction of sp³-hybridized carbons (Fsp3) is 0.0789. The summed E-state index contributed by atoms with van der Waals surface area (Å²) in [5.41, 5.74) is 14.2. The highest BCUT2D eigenvalue weighted by atomic mass is 14.8. The first-order valence-corrected chi connectivity index (χ1v) is 14.2. The second-order valence-corrected chi connectivity index (χ2v) is 10.2. The molecular formula is C38H34N4. The first-order chi connectivity index (χ1) is 20.6. The molecule has 0 aliphatic heterocycles. The summed E-state index contributed by atoms with van der Waals surface area (Å²) in [6.07, 6.45) is 0. The van der Waals surface area contributed by atoms with Gasteiger partial charge in [0.1, 0.15) is 0 Å². The van der Waals surface area contributed by atoms with E-state index in [1.807, 2.05) is 27.2 Å². The SMILES string of the molecule is CNc1cccc(-c2cccc(-c3cc(-c4ccccc4)nc(-c4cccc(-c5cc(NC)ccc5NC)c4)c3)c2)c1. The Kier molecular flexibility index (Phi) is 7.69. The molecule has 0 radical (unpaired) electrons. The van der Waals surface area contributed by atoms with Gasteiger partial charge in [-0.25, -0.2) is 4.98 Å². The third-order valence-electron chi connectivity index (χ3n) is 7.62. The first kappa shape index (κ1) is 26.9. The molecule has 3 N–H and O–H groups in total. The van der Waals surface area contributed by atoms with E-state index in [4.69, 9.17) is 4.98 Å². The van der Waals surface area contributed by atoms with Crippen molar-refractivity contribution in [2.75, 3.05) is 37.1 Å². The van der Waals surface area contributed by atoms with E-state index in [-0.39, 0.29) is 0 Å². The highest BCUT2D eigenvalue weighted by molar-refractivity contribution is 5.85. The van der Waals surface area contributed by atoms with Crippen molar-refractivity contribution < 1.29 is 0 Å². The first-order valence-electron chi connectivity index (χ1n) is 14.2. The summed E-state index contributed by atoms with van der Waals surface area (Å²) in [6.45, 7) is 0. The van der Waals surface area contributed by atoms with Crippen LogP contribution in [0.15, 0.2) is 133 Å². The highest BCUT2D eigenvalue weighted by Gasteiger charge is 2.12. The van der Waals surface area contributed by atoms with E-state index in [1.165, 1.54) is 11.1 Å². The molecule has 1 aromatic heterocycles. The standard InChI is InChI=1S/C38H34N4/c1-39-33-17-9-14-29(22-33)27-12-7-13-28(20-27)32-23-37(26-10-5-4-6-11-26)42-38(24-32)31-16-8-15-30(21-31)35-25-34(40-2)18-19-36(35)41-3/h4-25,39-41H,1-3H3. The van der Waals surface area contributed by atoms with E-state index in [0.29, 0.717) is 0 Å². The summed E-state index contributed by atoms with van der Waals surface area (Å²) >= 11 is 0. The molecule has 4 nitrogen and oxygen atoms in total. The van der Waals surface area contributed by atoms with Crippen LogP contribution in [-0.4, -0.2) is 26.1 Å². The summed E-state index contributed by atoms with van der Waals surface area (Å²) < 4.78 is 0. The topological polar surface area (TPSA) is 49.0 Å². The van der Waals surface area contributed by atoms with Crippen molar-refractivity contribution in [3.8, 4) is 55.9 Å². The predicted molar refractivity (Wildman–Crippen MR) is 180 cm³/mol. The lowest BCUT2D eigenvalue weighted by molar-refractivity contribution is 1.32. The van der Waals surface area contributed by atoms with Gasteiger partial charge in [0, 0.05) is 54.9 Å². The summed E-state index contributed by atoms with van der Waals surface area (Å²) in [4.78, 5) is 5.18. The van der Waals surface area contributed by atoms with Crippen LogP contribution in [0.5, 0.6) is 0 Å². The van der Waals surface area contributed by atoms with Crippen LogP contribution in [0.2, 0.25) is 0 Å². The Hall–Kier alpha value is -5.35. The van der Waals surface area contributed by atoms with E-state index in [9.17, 15) is 0 Å². The number of pyridine rings is 1. The number of nitrogens with zero attached hydrogens (tertiary/aromatic N) is 1. The molecule has 0 saturated heterocycles. The van der Waals surface area contributed by atoms with Crippen LogP contribution >= 0.6 is 0 Å². The van der Waals surface area contributed by atoms with Crippen LogP contribution in [0.4, 0.5) is 17.1 Å². The molecule has 0 saturated carbocycles. The molecule has 206 valence electrons. The van der Waals surface area contributed by atoms with Gasteiger partial charge in [-0.05, 0) is 82.4 Å². The average molecular weight is 547 g/mol. The number of anilines is 3. The van der Waals surface area contributed by atoms with Crippen molar-refractivity contribution in [2.24, 2.45) is 0 Å². The molecular weight excluding hydrogens is 512 g/mol. The van der Waals surface area contributed by atoms with E-state index in [2.05, 4.69) is 143 Å². The normalized spacial score (nSPS) is 10.7. The van der Waals surface area contributed by atoms with Gasteiger partial charge in [-0.1, -0.05) is 78.9 Å². The van der Waals surface area contributed by atoms with Crippen LogP contribution in [0.25, 0.3) is 55.9 Å². The molecule has 4 heteroatoms. The van der Waals surface area contributed by atoms with Gasteiger partial charge in [-0.2, -0.15) is 0 Å². The third-order valence-corrected chi connectivity index (χ3v) is 7.62.